The molecule has 0 radical (unpaired) electrons. The Balaban J connectivity index is 0.00000225. The average molecular weight is 815 g/mol. The molecule has 7 aromatic rings. The zero-order valence-corrected chi connectivity index (χ0v) is 34.4. The molecule has 0 nitrogen and oxygen atoms in total. The van der Waals surface area contributed by atoms with Crippen molar-refractivity contribution in [1.82, 2.24) is 0 Å². The molecule has 9 rings (SSSR count). The van der Waals surface area contributed by atoms with Crippen molar-refractivity contribution >= 4 is 19.9 Å². The zero-order chi connectivity index (χ0) is 35.0. The molecule has 0 N–H and O–H groups in total. The fraction of sp³-hybridized carbons (Fsp3) is 0.0784. The smallest absolute Gasteiger partial charge is 1.00 e. The molecule has 0 heterocycles. The molecule has 0 bridgehead atoms. The van der Waals surface area contributed by atoms with E-state index in [9.17, 15) is 0 Å². The quantitative estimate of drug-likeness (QED) is 0.168. The second-order valence-corrected chi connectivity index (χ2v) is 20.3. The van der Waals surface area contributed by atoms with Crippen LogP contribution in [0.4, 0.5) is 0 Å². The van der Waals surface area contributed by atoms with Crippen LogP contribution in [0.25, 0.3) is 27.8 Å². The summed E-state index contributed by atoms with van der Waals surface area (Å²) in [6, 6.07) is 70.8. The van der Waals surface area contributed by atoms with Gasteiger partial charge in [0.2, 0.25) is 0 Å². The van der Waals surface area contributed by atoms with E-state index < -0.39 is 21.3 Å². The molecule has 0 aliphatic heterocycles. The van der Waals surface area contributed by atoms with Crippen molar-refractivity contribution in [3.05, 3.63) is 241 Å². The van der Waals surface area contributed by atoms with E-state index in [1.807, 2.05) is 0 Å². The van der Waals surface area contributed by atoms with Gasteiger partial charge >= 0.3 is 318 Å². The predicted molar refractivity (Wildman–Crippen MR) is 217 cm³/mol. The van der Waals surface area contributed by atoms with Crippen molar-refractivity contribution in [3.63, 3.8) is 0 Å². The summed E-state index contributed by atoms with van der Waals surface area (Å²) in [5.74, 6) is 0. The molecular weight excluding hydrogens is 775 g/mol. The van der Waals surface area contributed by atoms with Crippen LogP contribution in [0.1, 0.15) is 60.1 Å². The standard InChI is InChI=1S/C23H17.C15H13.C13H10.2ClH.Zr/c1-4-10-18(11-5-1)21-16-17-22(19-12-6-2-7-13-19)23(21)20-14-8-3-9-15-20;1-10-3-5-14-12(7-10)9-13-8-11(2)4-6-15(13)14;1-3-7-12(8-4-1)11-13-9-5-2-6-10-13;;;/h1-15H,16H2;3-9H,1-2H3;1-10H;2*1H;/q;;;;;+2/p-2. The fourth-order valence-corrected chi connectivity index (χ4v) is 18.2. The van der Waals surface area contributed by atoms with E-state index >= 15 is 0 Å². The molecule has 0 atom stereocenters. The number of fused-ring (bicyclic) bond motifs is 3. The number of halogens is 2. The van der Waals surface area contributed by atoms with Crippen molar-refractivity contribution in [3.8, 4) is 11.1 Å². The van der Waals surface area contributed by atoms with Crippen molar-refractivity contribution in [2.24, 2.45) is 0 Å². The minimum atomic E-state index is -3.16. The fourth-order valence-electron chi connectivity index (χ4n) is 8.59. The molecule has 2 aliphatic rings. The van der Waals surface area contributed by atoms with Crippen molar-refractivity contribution in [2.45, 2.75) is 23.9 Å². The minimum Gasteiger partial charge on any atom is -1.00 e. The van der Waals surface area contributed by atoms with E-state index in [2.05, 4.69) is 202 Å². The Bertz CT molecular complexity index is 2430. The molecule has 0 fully saturated rings. The molecular formula is C51H40Cl2Zr. The summed E-state index contributed by atoms with van der Waals surface area (Å²) in [6.45, 7) is 4.53. The Labute approximate surface area is 339 Å². The van der Waals surface area contributed by atoms with E-state index in [4.69, 9.17) is 0 Å². The third-order valence-electron chi connectivity index (χ3n) is 10.8. The van der Waals surface area contributed by atoms with Crippen LogP contribution in [0, 0.1) is 13.8 Å². The van der Waals surface area contributed by atoms with Gasteiger partial charge in [-0.3, -0.25) is 0 Å². The van der Waals surface area contributed by atoms with Crippen LogP contribution in [-0.4, -0.2) is 3.21 Å². The van der Waals surface area contributed by atoms with Gasteiger partial charge in [0.15, 0.2) is 0 Å². The number of benzene rings is 7. The molecule has 0 saturated heterocycles. The number of hydrogen-bond acceptors (Lipinski definition) is 0. The Morgan fingerprint density at radius 3 is 1.28 bits per heavy atom. The molecule has 0 amide bonds. The average Bonchev–Trinajstić information content (AvgIpc) is 3.74. The minimum absolute atomic E-state index is 0. The Morgan fingerprint density at radius 1 is 0.444 bits per heavy atom. The molecule has 54 heavy (non-hydrogen) atoms. The topological polar surface area (TPSA) is 0 Å². The molecule has 0 unspecified atom stereocenters. The van der Waals surface area contributed by atoms with Gasteiger partial charge < -0.3 is 24.8 Å². The van der Waals surface area contributed by atoms with Gasteiger partial charge in [-0.1, -0.05) is 0 Å². The van der Waals surface area contributed by atoms with Crippen molar-refractivity contribution in [1.29, 1.82) is 0 Å². The van der Waals surface area contributed by atoms with E-state index in [0.29, 0.717) is 3.63 Å². The van der Waals surface area contributed by atoms with Gasteiger partial charge in [0.1, 0.15) is 0 Å². The molecule has 0 saturated carbocycles. The molecule has 0 aromatic heterocycles. The Hall–Kier alpha value is -4.65. The summed E-state index contributed by atoms with van der Waals surface area (Å²) in [6.07, 6.45) is 0.940. The number of hydrogen-bond donors (Lipinski definition) is 0. The van der Waals surface area contributed by atoms with Gasteiger partial charge in [-0.05, 0) is 0 Å². The van der Waals surface area contributed by atoms with Gasteiger partial charge in [-0.25, -0.2) is 0 Å². The Morgan fingerprint density at radius 2 is 0.833 bits per heavy atom. The van der Waals surface area contributed by atoms with Crippen LogP contribution in [0.5, 0.6) is 0 Å². The maximum atomic E-state index is 2.52. The molecule has 3 heteroatoms. The summed E-state index contributed by atoms with van der Waals surface area (Å²) in [5, 5.41) is 0. The summed E-state index contributed by atoms with van der Waals surface area (Å²) < 4.78 is 3.55. The first-order valence-corrected chi connectivity index (χ1v) is 22.2. The maximum absolute atomic E-state index is 3.16. The van der Waals surface area contributed by atoms with Gasteiger partial charge in [0, 0.05) is 0 Å². The van der Waals surface area contributed by atoms with E-state index in [1.54, 1.807) is 6.49 Å². The normalized spacial score (nSPS) is 13.0. The van der Waals surface area contributed by atoms with E-state index in [1.165, 1.54) is 77.9 Å². The first kappa shape index (κ1) is 37.7. The van der Waals surface area contributed by atoms with Gasteiger partial charge in [-0.2, -0.15) is 0 Å². The number of allylic oxidation sites excluding steroid dienone is 4. The van der Waals surface area contributed by atoms with Gasteiger partial charge in [0.25, 0.3) is 0 Å². The Kier molecular flexibility index (Phi) is 11.4. The van der Waals surface area contributed by atoms with Crippen LogP contribution < -0.4 is 24.8 Å². The summed E-state index contributed by atoms with van der Waals surface area (Å²) in [7, 11) is 0. The summed E-state index contributed by atoms with van der Waals surface area (Å²) in [4.78, 5) is 0. The maximum Gasteiger partial charge on any atom is -1.00 e. The van der Waals surface area contributed by atoms with E-state index in [0.717, 1.165) is 6.42 Å². The van der Waals surface area contributed by atoms with Crippen LogP contribution in [-0.2, 0) is 21.3 Å². The summed E-state index contributed by atoms with van der Waals surface area (Å²) in [5.41, 5.74) is 19.4. The molecule has 7 aromatic carbocycles. The van der Waals surface area contributed by atoms with Crippen LogP contribution in [0.3, 0.4) is 0 Å². The largest absolute Gasteiger partial charge is 1.00 e. The predicted octanol–water partition coefficient (Wildman–Crippen LogP) is 6.69. The van der Waals surface area contributed by atoms with Gasteiger partial charge in [-0.15, -0.1) is 0 Å². The van der Waals surface area contributed by atoms with Crippen molar-refractivity contribution < 1.29 is 46.1 Å². The number of rotatable bonds is 7. The second kappa shape index (κ2) is 16.4. The monoisotopic (exact) mass is 812 g/mol. The van der Waals surface area contributed by atoms with Crippen LogP contribution in [0.2, 0.25) is 0 Å². The van der Waals surface area contributed by atoms with E-state index in [-0.39, 0.29) is 24.8 Å². The zero-order valence-electron chi connectivity index (χ0n) is 30.4. The number of aryl methyl sites for hydroxylation is 2. The van der Waals surface area contributed by atoms with Gasteiger partial charge in [0.05, 0.1) is 0 Å². The third-order valence-corrected chi connectivity index (χ3v) is 19.1. The first-order chi connectivity index (χ1) is 25.7. The first-order valence-electron chi connectivity index (χ1n) is 18.4. The molecule has 262 valence electrons. The van der Waals surface area contributed by atoms with Crippen LogP contribution in [0.15, 0.2) is 191 Å². The third kappa shape index (κ3) is 6.91. The molecule has 0 spiro atoms. The summed E-state index contributed by atoms with van der Waals surface area (Å²) >= 11 is -3.16. The molecule has 2 aliphatic carbocycles. The van der Waals surface area contributed by atoms with Crippen LogP contribution >= 0.6 is 0 Å². The second-order valence-electron chi connectivity index (χ2n) is 14.1. The van der Waals surface area contributed by atoms with Crippen molar-refractivity contribution in [2.75, 3.05) is 0 Å². The SMILES string of the molecule is Cc1ccc2c(c1)[CH]([Zr+2]([C]1=C(c3ccccc3)C(c3ccccc3)=C(c3ccccc3)C1)=[C](c1ccccc1)c1ccccc1)c1cc(C)ccc1-2.[Cl-].[Cl-].